The average Bonchev–Trinajstić information content (AvgIpc) is 2.80. The van der Waals surface area contributed by atoms with Crippen molar-refractivity contribution < 1.29 is 9.53 Å². The predicted octanol–water partition coefficient (Wildman–Crippen LogP) is 2.31. The van der Waals surface area contributed by atoms with Gasteiger partial charge in [0.25, 0.3) is 5.91 Å². The van der Waals surface area contributed by atoms with Gasteiger partial charge in [-0.15, -0.1) is 0 Å². The number of rotatable bonds is 6. The van der Waals surface area contributed by atoms with Crippen molar-refractivity contribution in [1.82, 2.24) is 20.0 Å². The van der Waals surface area contributed by atoms with E-state index in [4.69, 9.17) is 4.74 Å². The molecule has 6 heteroatoms. The van der Waals surface area contributed by atoms with Crippen molar-refractivity contribution in [2.45, 2.75) is 70.9 Å². The van der Waals surface area contributed by atoms with Crippen LogP contribution in [0.1, 0.15) is 67.7 Å². The summed E-state index contributed by atoms with van der Waals surface area (Å²) in [6.45, 7) is 7.45. The SMILES string of the molecule is CC(C)OCCNC1CCc2c(c(C(=O)N3CCCCCC3)nn2C)C1. The summed E-state index contributed by atoms with van der Waals surface area (Å²) in [4.78, 5) is 15.1. The Morgan fingerprint density at radius 3 is 2.69 bits per heavy atom. The molecule has 26 heavy (non-hydrogen) atoms. The Kier molecular flexibility index (Phi) is 6.70. The lowest BCUT2D eigenvalue weighted by Gasteiger charge is -2.25. The molecular formula is C20H34N4O2. The van der Waals surface area contributed by atoms with E-state index in [0.717, 1.165) is 63.9 Å². The highest BCUT2D eigenvalue weighted by Gasteiger charge is 2.30. The van der Waals surface area contributed by atoms with Crippen LogP contribution in [-0.4, -0.2) is 59.0 Å². The molecule has 0 aromatic carbocycles. The zero-order valence-electron chi connectivity index (χ0n) is 16.6. The Bertz CT molecular complexity index is 603. The molecule has 146 valence electrons. The third kappa shape index (κ3) is 4.65. The van der Waals surface area contributed by atoms with E-state index in [1.165, 1.54) is 18.5 Å². The van der Waals surface area contributed by atoms with Crippen LogP contribution in [0, 0.1) is 0 Å². The van der Waals surface area contributed by atoms with Gasteiger partial charge in [-0.05, 0) is 46.0 Å². The molecule has 0 spiro atoms. The van der Waals surface area contributed by atoms with Crippen molar-refractivity contribution in [1.29, 1.82) is 0 Å². The zero-order chi connectivity index (χ0) is 18.5. The summed E-state index contributed by atoms with van der Waals surface area (Å²) < 4.78 is 7.55. The van der Waals surface area contributed by atoms with Gasteiger partial charge in [0, 0.05) is 44.0 Å². The summed E-state index contributed by atoms with van der Waals surface area (Å²) in [5.41, 5.74) is 3.09. The van der Waals surface area contributed by atoms with E-state index in [2.05, 4.69) is 24.3 Å². The van der Waals surface area contributed by atoms with Crippen molar-refractivity contribution in [2.24, 2.45) is 7.05 Å². The minimum Gasteiger partial charge on any atom is -0.377 e. The fraction of sp³-hybridized carbons (Fsp3) is 0.800. The van der Waals surface area contributed by atoms with Crippen molar-refractivity contribution in [3.63, 3.8) is 0 Å². The first-order chi connectivity index (χ1) is 12.6. The second kappa shape index (κ2) is 9.00. The van der Waals surface area contributed by atoms with Gasteiger partial charge in [-0.25, -0.2) is 0 Å². The number of carbonyl (C=O) groups is 1. The lowest BCUT2D eigenvalue weighted by molar-refractivity contribution is 0.0751. The van der Waals surface area contributed by atoms with Gasteiger partial charge in [0.15, 0.2) is 5.69 Å². The Morgan fingerprint density at radius 2 is 2.00 bits per heavy atom. The third-order valence-corrected chi connectivity index (χ3v) is 5.54. The maximum atomic E-state index is 13.1. The zero-order valence-corrected chi connectivity index (χ0v) is 16.6. The molecule has 2 heterocycles. The molecule has 0 radical (unpaired) electrons. The highest BCUT2D eigenvalue weighted by Crippen LogP contribution is 2.26. The molecule has 3 rings (SSSR count). The predicted molar refractivity (Wildman–Crippen MR) is 102 cm³/mol. The highest BCUT2D eigenvalue weighted by atomic mass is 16.5. The van der Waals surface area contributed by atoms with Gasteiger partial charge in [-0.3, -0.25) is 9.48 Å². The van der Waals surface area contributed by atoms with Gasteiger partial charge in [-0.1, -0.05) is 12.8 Å². The number of likely N-dealkylation sites (tertiary alicyclic amines) is 1. The minimum absolute atomic E-state index is 0.132. The number of aryl methyl sites for hydroxylation is 1. The monoisotopic (exact) mass is 362 g/mol. The lowest BCUT2D eigenvalue weighted by atomic mass is 9.91. The van der Waals surface area contributed by atoms with E-state index >= 15 is 0 Å². The average molecular weight is 363 g/mol. The smallest absolute Gasteiger partial charge is 0.274 e. The van der Waals surface area contributed by atoms with E-state index in [1.807, 2.05) is 16.6 Å². The molecular weight excluding hydrogens is 328 g/mol. The summed E-state index contributed by atoms with van der Waals surface area (Å²) in [5.74, 6) is 0.132. The number of hydrogen-bond acceptors (Lipinski definition) is 4. The highest BCUT2D eigenvalue weighted by molar-refractivity contribution is 5.94. The Morgan fingerprint density at radius 1 is 1.27 bits per heavy atom. The Hall–Kier alpha value is -1.40. The molecule has 1 aliphatic heterocycles. The molecule has 0 saturated carbocycles. The number of carbonyl (C=O) groups excluding carboxylic acids is 1. The first-order valence-electron chi connectivity index (χ1n) is 10.2. The van der Waals surface area contributed by atoms with Crippen LogP contribution in [0.5, 0.6) is 0 Å². The quantitative estimate of drug-likeness (QED) is 0.789. The van der Waals surface area contributed by atoms with Crippen LogP contribution in [0.15, 0.2) is 0 Å². The third-order valence-electron chi connectivity index (χ3n) is 5.54. The van der Waals surface area contributed by atoms with Crippen LogP contribution in [0.2, 0.25) is 0 Å². The fourth-order valence-electron chi connectivity index (χ4n) is 4.12. The van der Waals surface area contributed by atoms with Crippen LogP contribution in [0.3, 0.4) is 0 Å². The standard InChI is InChI=1S/C20H34N4O2/c1-15(2)26-13-10-21-16-8-9-18-17(14-16)19(22-23(18)3)20(25)24-11-6-4-5-7-12-24/h15-16,21H,4-14H2,1-3H3. The maximum Gasteiger partial charge on any atom is 0.274 e. The number of nitrogens with one attached hydrogen (secondary N) is 1. The van der Waals surface area contributed by atoms with Gasteiger partial charge >= 0.3 is 0 Å². The van der Waals surface area contributed by atoms with Gasteiger partial charge in [-0.2, -0.15) is 5.10 Å². The normalized spacial score (nSPS) is 20.9. The first-order valence-corrected chi connectivity index (χ1v) is 10.2. The second-order valence-corrected chi connectivity index (χ2v) is 7.92. The van der Waals surface area contributed by atoms with Crippen molar-refractivity contribution in [2.75, 3.05) is 26.2 Å². The van der Waals surface area contributed by atoms with Gasteiger partial charge < -0.3 is 15.0 Å². The molecule has 1 N–H and O–H groups in total. The first kappa shape index (κ1) is 19.4. The minimum atomic E-state index is 0.132. The molecule has 1 amide bonds. The lowest BCUT2D eigenvalue weighted by Crippen LogP contribution is -2.38. The summed E-state index contributed by atoms with van der Waals surface area (Å²) in [5, 5.41) is 8.22. The Balaban J connectivity index is 1.65. The van der Waals surface area contributed by atoms with Crippen molar-refractivity contribution in [3.8, 4) is 0 Å². The van der Waals surface area contributed by atoms with Gasteiger partial charge in [0.1, 0.15) is 0 Å². The largest absolute Gasteiger partial charge is 0.377 e. The molecule has 0 bridgehead atoms. The van der Waals surface area contributed by atoms with E-state index in [1.54, 1.807) is 0 Å². The number of nitrogens with zero attached hydrogens (tertiary/aromatic N) is 3. The number of aromatic nitrogens is 2. The van der Waals surface area contributed by atoms with Crippen LogP contribution >= 0.6 is 0 Å². The molecule has 1 saturated heterocycles. The molecule has 6 nitrogen and oxygen atoms in total. The summed E-state index contributed by atoms with van der Waals surface area (Å²) in [6, 6.07) is 0.401. The molecule has 1 aromatic rings. The van der Waals surface area contributed by atoms with Gasteiger partial charge in [0.2, 0.25) is 0 Å². The van der Waals surface area contributed by atoms with Crippen molar-refractivity contribution in [3.05, 3.63) is 17.0 Å². The number of fused-ring (bicyclic) bond motifs is 1. The van der Waals surface area contributed by atoms with Crippen LogP contribution < -0.4 is 5.32 Å². The van der Waals surface area contributed by atoms with Crippen molar-refractivity contribution >= 4 is 5.91 Å². The van der Waals surface area contributed by atoms with Crippen LogP contribution in [0.4, 0.5) is 0 Å². The van der Waals surface area contributed by atoms with E-state index in [0.29, 0.717) is 11.7 Å². The summed E-state index contributed by atoms with van der Waals surface area (Å²) in [7, 11) is 1.97. The molecule has 1 atom stereocenters. The molecule has 2 aliphatic rings. The molecule has 1 fully saturated rings. The maximum absolute atomic E-state index is 13.1. The molecule has 1 aromatic heterocycles. The summed E-state index contributed by atoms with van der Waals surface area (Å²) >= 11 is 0. The summed E-state index contributed by atoms with van der Waals surface area (Å²) in [6.07, 6.45) is 7.91. The van der Waals surface area contributed by atoms with Crippen LogP contribution in [-0.2, 0) is 24.6 Å². The number of amides is 1. The van der Waals surface area contributed by atoms with E-state index in [-0.39, 0.29) is 12.0 Å². The van der Waals surface area contributed by atoms with Crippen LogP contribution in [0.25, 0.3) is 0 Å². The number of ether oxygens (including phenoxy) is 1. The second-order valence-electron chi connectivity index (χ2n) is 7.92. The van der Waals surface area contributed by atoms with E-state index < -0.39 is 0 Å². The van der Waals surface area contributed by atoms with E-state index in [9.17, 15) is 4.79 Å². The fourth-order valence-corrected chi connectivity index (χ4v) is 4.12. The van der Waals surface area contributed by atoms with Gasteiger partial charge in [0.05, 0.1) is 12.7 Å². The molecule has 1 aliphatic carbocycles. The topological polar surface area (TPSA) is 59.4 Å². The molecule has 1 unspecified atom stereocenters. The number of hydrogen-bond donors (Lipinski definition) is 1. The Labute approximate surface area is 157 Å².